The molecule has 1 saturated carbocycles. The Hall–Kier alpha value is -2.77. The number of aromatic nitrogens is 2. The van der Waals surface area contributed by atoms with Crippen LogP contribution in [0.25, 0.3) is 16.6 Å². The number of aliphatic hydroxyl groups is 1. The molecule has 1 aliphatic heterocycles. The Morgan fingerprint density at radius 2 is 1.97 bits per heavy atom. The number of hydrogen-bond acceptors (Lipinski definition) is 4. The summed E-state index contributed by atoms with van der Waals surface area (Å²) in [7, 11) is 1.75. The molecule has 2 aromatic heterocycles. The van der Waals surface area contributed by atoms with Gasteiger partial charge in [-0.05, 0) is 94.2 Å². The highest BCUT2D eigenvalue weighted by molar-refractivity contribution is 5.99. The van der Waals surface area contributed by atoms with Crippen molar-refractivity contribution < 1.29 is 14.3 Å². The normalized spacial score (nSPS) is 23.0. The standard InChI is InChI=1S/C29H37FN4O2/c1-19(2)32(3)29(36)25-14-22(30)6-9-27(25)34-17-26(24-10-12-31-15-28(24)34)21-4-7-23(8-5-21)33-13-11-20(16-33)18-35/h6,9-10,12,14-15,17,19-21,23,35H,4-5,7-8,11,13,16,18H2,1-3H3. The summed E-state index contributed by atoms with van der Waals surface area (Å²) in [5.74, 6) is 0.244. The van der Waals surface area contributed by atoms with Crippen LogP contribution < -0.4 is 0 Å². The highest BCUT2D eigenvalue weighted by Gasteiger charge is 2.32. The number of carbonyl (C=O) groups is 1. The first-order valence-corrected chi connectivity index (χ1v) is 13.2. The smallest absolute Gasteiger partial charge is 0.256 e. The van der Waals surface area contributed by atoms with Crippen LogP contribution >= 0.6 is 0 Å². The molecule has 7 heteroatoms. The first-order valence-electron chi connectivity index (χ1n) is 13.2. The first kappa shape index (κ1) is 24.9. The molecule has 1 atom stereocenters. The van der Waals surface area contributed by atoms with Crippen molar-refractivity contribution in [2.75, 3.05) is 26.7 Å². The van der Waals surface area contributed by atoms with Gasteiger partial charge in [0.15, 0.2) is 0 Å². The maximum Gasteiger partial charge on any atom is 0.256 e. The number of hydrogen-bond donors (Lipinski definition) is 1. The largest absolute Gasteiger partial charge is 0.396 e. The van der Waals surface area contributed by atoms with Crippen LogP contribution in [0.15, 0.2) is 42.9 Å². The minimum atomic E-state index is -0.419. The van der Waals surface area contributed by atoms with Gasteiger partial charge in [0.25, 0.3) is 5.91 Å². The van der Waals surface area contributed by atoms with Crippen molar-refractivity contribution in [3.05, 3.63) is 59.8 Å². The molecule has 3 aromatic rings. The molecule has 3 heterocycles. The van der Waals surface area contributed by atoms with Crippen molar-refractivity contribution in [3.8, 4) is 5.69 Å². The number of carbonyl (C=O) groups excluding carboxylic acids is 1. The zero-order valence-corrected chi connectivity index (χ0v) is 21.5. The number of pyridine rings is 1. The summed E-state index contributed by atoms with van der Waals surface area (Å²) < 4.78 is 16.3. The molecule has 1 N–H and O–H groups in total. The Labute approximate surface area is 212 Å². The van der Waals surface area contributed by atoms with Gasteiger partial charge >= 0.3 is 0 Å². The van der Waals surface area contributed by atoms with Crippen LogP contribution in [0.5, 0.6) is 0 Å². The lowest BCUT2D eigenvalue weighted by Crippen LogP contribution is -2.36. The van der Waals surface area contributed by atoms with Gasteiger partial charge in [0, 0.05) is 50.1 Å². The fraction of sp³-hybridized carbons (Fsp3) is 0.517. The van der Waals surface area contributed by atoms with Crippen LogP contribution in [-0.4, -0.2) is 69.2 Å². The second-order valence-corrected chi connectivity index (χ2v) is 10.9. The SMILES string of the molecule is CC(C)N(C)C(=O)c1cc(F)ccc1-n1cc(C2CCC(N3CCC(CO)C3)CC2)c2ccncc21. The van der Waals surface area contributed by atoms with Crippen molar-refractivity contribution in [2.24, 2.45) is 5.92 Å². The predicted molar refractivity (Wildman–Crippen MR) is 140 cm³/mol. The molecular weight excluding hydrogens is 455 g/mol. The second-order valence-electron chi connectivity index (χ2n) is 10.9. The molecule has 2 fully saturated rings. The summed E-state index contributed by atoms with van der Waals surface area (Å²) in [4.78, 5) is 21.9. The van der Waals surface area contributed by atoms with E-state index in [2.05, 4.69) is 22.1 Å². The Balaban J connectivity index is 1.46. The summed E-state index contributed by atoms with van der Waals surface area (Å²) in [6.45, 7) is 6.31. The van der Waals surface area contributed by atoms with Crippen molar-refractivity contribution in [2.45, 2.75) is 64.0 Å². The molecule has 6 nitrogen and oxygen atoms in total. The minimum absolute atomic E-state index is 0.00528. The molecule has 36 heavy (non-hydrogen) atoms. The molecule has 1 unspecified atom stereocenters. The van der Waals surface area contributed by atoms with Gasteiger partial charge in [-0.25, -0.2) is 4.39 Å². The molecule has 0 radical (unpaired) electrons. The maximum atomic E-state index is 14.3. The lowest BCUT2D eigenvalue weighted by atomic mass is 9.81. The van der Waals surface area contributed by atoms with Crippen LogP contribution in [0.2, 0.25) is 0 Å². The molecule has 1 aromatic carbocycles. The van der Waals surface area contributed by atoms with Crippen molar-refractivity contribution in [3.63, 3.8) is 0 Å². The van der Waals surface area contributed by atoms with Crippen LogP contribution in [0.4, 0.5) is 4.39 Å². The van der Waals surface area contributed by atoms with E-state index in [4.69, 9.17) is 0 Å². The maximum absolute atomic E-state index is 14.3. The van der Waals surface area contributed by atoms with Crippen LogP contribution in [0.3, 0.4) is 0 Å². The lowest BCUT2D eigenvalue weighted by molar-refractivity contribution is 0.0754. The number of benzene rings is 1. The predicted octanol–water partition coefficient (Wildman–Crippen LogP) is 4.99. The molecule has 1 saturated heterocycles. The highest BCUT2D eigenvalue weighted by atomic mass is 19.1. The molecular formula is C29H37FN4O2. The number of nitrogens with zero attached hydrogens (tertiary/aromatic N) is 4. The Kier molecular flexibility index (Phi) is 7.13. The summed E-state index contributed by atoms with van der Waals surface area (Å²) >= 11 is 0. The third-order valence-electron chi connectivity index (χ3n) is 8.41. The van der Waals surface area contributed by atoms with Gasteiger partial charge in [0.1, 0.15) is 5.82 Å². The quantitative estimate of drug-likeness (QED) is 0.527. The van der Waals surface area contributed by atoms with Gasteiger partial charge in [0.05, 0.1) is 23.0 Å². The minimum Gasteiger partial charge on any atom is -0.396 e. The lowest BCUT2D eigenvalue weighted by Gasteiger charge is -2.34. The highest BCUT2D eigenvalue weighted by Crippen LogP contribution is 2.40. The Morgan fingerprint density at radius 3 is 2.67 bits per heavy atom. The zero-order chi connectivity index (χ0) is 25.4. The number of aliphatic hydroxyl groups excluding tert-OH is 1. The number of halogens is 1. The summed E-state index contributed by atoms with van der Waals surface area (Å²) in [5, 5.41) is 10.7. The number of rotatable bonds is 6. The van der Waals surface area contributed by atoms with E-state index in [1.54, 1.807) is 18.0 Å². The van der Waals surface area contributed by atoms with Gasteiger partial charge in [-0.2, -0.15) is 0 Å². The van der Waals surface area contributed by atoms with Crippen LogP contribution in [-0.2, 0) is 0 Å². The van der Waals surface area contributed by atoms with E-state index in [1.165, 1.54) is 17.7 Å². The number of fused-ring (bicyclic) bond motifs is 1. The fourth-order valence-corrected chi connectivity index (χ4v) is 6.03. The van der Waals surface area contributed by atoms with Gasteiger partial charge in [-0.3, -0.25) is 9.78 Å². The third-order valence-corrected chi connectivity index (χ3v) is 8.41. The molecule has 2 aliphatic rings. The van der Waals surface area contributed by atoms with Gasteiger partial charge in [-0.1, -0.05) is 0 Å². The molecule has 5 rings (SSSR count). The summed E-state index contributed by atoms with van der Waals surface area (Å²) in [6, 6.07) is 7.13. The summed E-state index contributed by atoms with van der Waals surface area (Å²) in [6.07, 6.45) is 11.4. The third kappa shape index (κ3) is 4.66. The first-order chi connectivity index (χ1) is 17.4. The monoisotopic (exact) mass is 492 g/mol. The zero-order valence-electron chi connectivity index (χ0n) is 21.5. The van der Waals surface area contributed by atoms with Crippen molar-refractivity contribution in [1.82, 2.24) is 19.4 Å². The summed E-state index contributed by atoms with van der Waals surface area (Å²) in [5.41, 5.74) is 3.25. The average molecular weight is 493 g/mol. The van der Waals surface area contributed by atoms with E-state index in [9.17, 15) is 14.3 Å². The molecule has 0 spiro atoms. The number of likely N-dealkylation sites (tertiary alicyclic amines) is 1. The van der Waals surface area contributed by atoms with E-state index >= 15 is 0 Å². The topological polar surface area (TPSA) is 61.6 Å². The van der Waals surface area contributed by atoms with Crippen LogP contribution in [0, 0.1) is 11.7 Å². The average Bonchev–Trinajstić information content (AvgIpc) is 3.53. The van der Waals surface area contributed by atoms with E-state index in [0.29, 0.717) is 35.7 Å². The Morgan fingerprint density at radius 1 is 1.19 bits per heavy atom. The van der Waals surface area contributed by atoms with Gasteiger partial charge in [0.2, 0.25) is 0 Å². The Bertz CT molecular complexity index is 1230. The molecule has 192 valence electrons. The molecule has 1 amide bonds. The van der Waals surface area contributed by atoms with Gasteiger partial charge < -0.3 is 19.5 Å². The fourth-order valence-electron chi connectivity index (χ4n) is 6.03. The van der Waals surface area contributed by atoms with Crippen molar-refractivity contribution in [1.29, 1.82) is 0 Å². The second kappa shape index (κ2) is 10.3. The number of amides is 1. The van der Waals surface area contributed by atoms with E-state index in [1.807, 2.05) is 30.8 Å². The van der Waals surface area contributed by atoms with Gasteiger partial charge in [-0.15, -0.1) is 0 Å². The van der Waals surface area contributed by atoms with E-state index in [-0.39, 0.29) is 11.9 Å². The molecule has 1 aliphatic carbocycles. The van der Waals surface area contributed by atoms with Crippen LogP contribution in [0.1, 0.15) is 67.8 Å². The molecule has 0 bridgehead atoms. The van der Waals surface area contributed by atoms with E-state index in [0.717, 1.165) is 56.1 Å². The van der Waals surface area contributed by atoms with Crippen molar-refractivity contribution >= 4 is 16.8 Å². The van der Waals surface area contributed by atoms with E-state index < -0.39 is 5.82 Å².